The second kappa shape index (κ2) is 9.01. The zero-order chi connectivity index (χ0) is 13.9. The summed E-state index contributed by atoms with van der Waals surface area (Å²) >= 11 is 0. The summed E-state index contributed by atoms with van der Waals surface area (Å²) in [7, 11) is 0. The number of nitrogens with one attached hydrogen (secondary N) is 1. The van der Waals surface area contributed by atoms with Crippen molar-refractivity contribution in [1.29, 1.82) is 0 Å². The predicted octanol–water partition coefficient (Wildman–Crippen LogP) is 2.16. The van der Waals surface area contributed by atoms with E-state index in [1.165, 1.54) is 0 Å². The average molecular weight is 260 g/mol. The first-order valence-corrected chi connectivity index (χ1v) is 6.42. The minimum absolute atomic E-state index is 0.00708. The molecule has 3 N–H and O–H groups in total. The highest BCUT2D eigenvalue weighted by Gasteiger charge is 2.02. The van der Waals surface area contributed by atoms with Crippen LogP contribution < -0.4 is 15.8 Å². The molecule has 1 aromatic rings. The van der Waals surface area contributed by atoms with Gasteiger partial charge in [-0.1, -0.05) is 0 Å². The van der Waals surface area contributed by atoms with Crippen LogP contribution in [0.3, 0.4) is 0 Å². The highest BCUT2D eigenvalue weighted by Crippen LogP contribution is 2.16. The number of nitrogens with two attached hydrogens (primary N) is 1. The Labute approximate surface area is 114 Å². The second-order valence-electron chi connectivity index (χ2n) is 4.12. The molecule has 0 bridgehead atoms. The number of terminal acetylenes is 1. The molecule has 4 nitrogen and oxygen atoms in total. The minimum atomic E-state index is 0.00708. The first-order valence-electron chi connectivity index (χ1n) is 6.42. The molecule has 0 radical (unpaired) electrons. The fraction of sp³-hybridized carbons (Fsp3) is 0.400. The van der Waals surface area contributed by atoms with E-state index in [0.717, 1.165) is 30.7 Å². The molecule has 0 aliphatic heterocycles. The molecule has 0 aliphatic rings. The van der Waals surface area contributed by atoms with Gasteiger partial charge in [0.25, 0.3) is 0 Å². The lowest BCUT2D eigenvalue weighted by Crippen LogP contribution is -2.12. The fourth-order valence-corrected chi connectivity index (χ4v) is 1.55. The Bertz CT molecular complexity index is 421. The Balaban J connectivity index is 2.32. The van der Waals surface area contributed by atoms with Crippen molar-refractivity contribution in [2.45, 2.75) is 25.7 Å². The van der Waals surface area contributed by atoms with E-state index in [1.54, 1.807) is 0 Å². The van der Waals surface area contributed by atoms with Gasteiger partial charge >= 0.3 is 0 Å². The van der Waals surface area contributed by atoms with Gasteiger partial charge in [0.15, 0.2) is 0 Å². The van der Waals surface area contributed by atoms with Crippen molar-refractivity contribution in [2.24, 2.45) is 5.73 Å². The standard InChI is InChI=1S/C15H20N2O2/c1-2-3-4-5-6-15(18)17-13-7-9-14(10-8-13)19-12-11-16/h1,7-10H,3-6,11-12,16H2,(H,17,18). The van der Waals surface area contributed by atoms with E-state index in [2.05, 4.69) is 11.2 Å². The van der Waals surface area contributed by atoms with Crippen molar-refractivity contribution in [3.63, 3.8) is 0 Å². The number of hydrogen-bond donors (Lipinski definition) is 2. The SMILES string of the molecule is C#CCCCCC(=O)Nc1ccc(OCCN)cc1. The van der Waals surface area contributed by atoms with Gasteiger partial charge in [-0.25, -0.2) is 0 Å². The van der Waals surface area contributed by atoms with Gasteiger partial charge in [0, 0.05) is 25.1 Å². The lowest BCUT2D eigenvalue weighted by atomic mass is 10.2. The number of carbonyl (C=O) groups excluding carboxylic acids is 1. The maximum atomic E-state index is 11.6. The van der Waals surface area contributed by atoms with Crippen LogP contribution >= 0.6 is 0 Å². The highest BCUT2D eigenvalue weighted by atomic mass is 16.5. The minimum Gasteiger partial charge on any atom is -0.492 e. The van der Waals surface area contributed by atoms with Gasteiger partial charge in [-0.2, -0.15) is 0 Å². The van der Waals surface area contributed by atoms with Gasteiger partial charge in [0.05, 0.1) is 0 Å². The molecule has 102 valence electrons. The van der Waals surface area contributed by atoms with Crippen LogP contribution in [0.1, 0.15) is 25.7 Å². The summed E-state index contributed by atoms with van der Waals surface area (Å²) < 4.78 is 5.35. The lowest BCUT2D eigenvalue weighted by molar-refractivity contribution is -0.116. The number of ether oxygens (including phenoxy) is 1. The summed E-state index contributed by atoms with van der Waals surface area (Å²) in [5.74, 6) is 3.31. The van der Waals surface area contributed by atoms with E-state index in [1.807, 2.05) is 24.3 Å². The van der Waals surface area contributed by atoms with E-state index < -0.39 is 0 Å². The van der Waals surface area contributed by atoms with E-state index in [4.69, 9.17) is 16.9 Å². The van der Waals surface area contributed by atoms with E-state index in [9.17, 15) is 4.79 Å². The zero-order valence-electron chi connectivity index (χ0n) is 11.0. The van der Waals surface area contributed by atoms with Gasteiger partial charge in [-0.05, 0) is 37.1 Å². The fourth-order valence-electron chi connectivity index (χ4n) is 1.55. The Morgan fingerprint density at radius 1 is 1.32 bits per heavy atom. The molecule has 19 heavy (non-hydrogen) atoms. The maximum Gasteiger partial charge on any atom is 0.224 e. The Morgan fingerprint density at radius 2 is 2.05 bits per heavy atom. The number of unbranched alkanes of at least 4 members (excludes halogenated alkanes) is 2. The van der Waals surface area contributed by atoms with Gasteiger partial charge in [-0.15, -0.1) is 12.3 Å². The lowest BCUT2D eigenvalue weighted by Gasteiger charge is -2.07. The molecule has 0 atom stereocenters. The van der Waals surface area contributed by atoms with Crippen molar-refractivity contribution >= 4 is 11.6 Å². The summed E-state index contributed by atoms with van der Waals surface area (Å²) in [6.45, 7) is 0.969. The smallest absolute Gasteiger partial charge is 0.224 e. The molecule has 0 saturated heterocycles. The average Bonchev–Trinajstić information content (AvgIpc) is 2.43. The van der Waals surface area contributed by atoms with Crippen LogP contribution in [0.4, 0.5) is 5.69 Å². The van der Waals surface area contributed by atoms with Gasteiger partial charge < -0.3 is 15.8 Å². The third kappa shape index (κ3) is 6.49. The predicted molar refractivity (Wildman–Crippen MR) is 76.9 cm³/mol. The normalized spacial score (nSPS) is 9.68. The molecule has 0 aliphatic carbocycles. The quantitative estimate of drug-likeness (QED) is 0.556. The Hall–Kier alpha value is -1.99. The molecule has 0 saturated carbocycles. The number of rotatable bonds is 8. The first kappa shape index (κ1) is 15.1. The molecule has 0 heterocycles. The molecule has 0 unspecified atom stereocenters. The zero-order valence-corrected chi connectivity index (χ0v) is 11.0. The maximum absolute atomic E-state index is 11.6. The third-order valence-corrected chi connectivity index (χ3v) is 2.50. The van der Waals surface area contributed by atoms with Crippen molar-refractivity contribution in [3.8, 4) is 18.1 Å². The molecule has 1 rings (SSSR count). The molecular formula is C15H20N2O2. The van der Waals surface area contributed by atoms with Crippen molar-refractivity contribution in [1.82, 2.24) is 0 Å². The van der Waals surface area contributed by atoms with Crippen LogP contribution in [0.2, 0.25) is 0 Å². The van der Waals surface area contributed by atoms with E-state index in [0.29, 0.717) is 19.6 Å². The number of carbonyl (C=O) groups is 1. The van der Waals surface area contributed by atoms with Crippen LogP contribution in [-0.2, 0) is 4.79 Å². The van der Waals surface area contributed by atoms with Crippen molar-refractivity contribution in [3.05, 3.63) is 24.3 Å². The van der Waals surface area contributed by atoms with Crippen LogP contribution in [0.5, 0.6) is 5.75 Å². The second-order valence-corrected chi connectivity index (χ2v) is 4.12. The van der Waals surface area contributed by atoms with E-state index in [-0.39, 0.29) is 5.91 Å². The number of hydrogen-bond acceptors (Lipinski definition) is 3. The van der Waals surface area contributed by atoms with Crippen LogP contribution in [0.25, 0.3) is 0 Å². The monoisotopic (exact) mass is 260 g/mol. The summed E-state index contributed by atoms with van der Waals surface area (Å²) in [4.78, 5) is 11.6. The number of benzene rings is 1. The van der Waals surface area contributed by atoms with Gasteiger partial charge in [-0.3, -0.25) is 4.79 Å². The molecule has 0 aromatic heterocycles. The number of amides is 1. The molecule has 1 amide bonds. The molecule has 1 aromatic carbocycles. The summed E-state index contributed by atoms with van der Waals surface area (Å²) in [6.07, 6.45) is 8.06. The van der Waals surface area contributed by atoms with Gasteiger partial charge in [0.1, 0.15) is 12.4 Å². The molecule has 4 heteroatoms. The summed E-state index contributed by atoms with van der Waals surface area (Å²) in [5, 5.41) is 2.83. The van der Waals surface area contributed by atoms with Crippen molar-refractivity contribution in [2.75, 3.05) is 18.5 Å². The Kier molecular flexibility index (Phi) is 7.14. The van der Waals surface area contributed by atoms with Crippen LogP contribution in [-0.4, -0.2) is 19.1 Å². The molecular weight excluding hydrogens is 240 g/mol. The van der Waals surface area contributed by atoms with Crippen LogP contribution in [0, 0.1) is 12.3 Å². The largest absolute Gasteiger partial charge is 0.492 e. The van der Waals surface area contributed by atoms with Gasteiger partial charge in [0.2, 0.25) is 5.91 Å². The summed E-state index contributed by atoms with van der Waals surface area (Å²) in [5.41, 5.74) is 6.11. The van der Waals surface area contributed by atoms with E-state index >= 15 is 0 Å². The first-order chi connectivity index (χ1) is 9.26. The van der Waals surface area contributed by atoms with Crippen molar-refractivity contribution < 1.29 is 9.53 Å². The molecule has 0 fully saturated rings. The summed E-state index contributed by atoms with van der Waals surface area (Å²) in [6, 6.07) is 7.24. The van der Waals surface area contributed by atoms with Crippen LogP contribution in [0.15, 0.2) is 24.3 Å². The molecule has 0 spiro atoms. The number of anilines is 1. The third-order valence-electron chi connectivity index (χ3n) is 2.50. The highest BCUT2D eigenvalue weighted by molar-refractivity contribution is 5.90. The topological polar surface area (TPSA) is 64.3 Å². The Morgan fingerprint density at radius 3 is 2.68 bits per heavy atom.